The van der Waals surface area contributed by atoms with Gasteiger partial charge in [-0.15, -0.1) is 12.4 Å². The van der Waals surface area contributed by atoms with Crippen molar-refractivity contribution in [1.82, 2.24) is 0 Å². The van der Waals surface area contributed by atoms with Crippen LogP contribution >= 0.6 is 12.4 Å². The van der Waals surface area contributed by atoms with Gasteiger partial charge in [-0.25, -0.2) is 0 Å². The van der Waals surface area contributed by atoms with Gasteiger partial charge in [-0.3, -0.25) is 4.79 Å². The number of hydrogen-bond donors (Lipinski definition) is 2. The number of anilines is 1. The first kappa shape index (κ1) is 18.5. The predicted octanol–water partition coefficient (Wildman–Crippen LogP) is 3.91. The van der Waals surface area contributed by atoms with Crippen molar-refractivity contribution >= 4 is 24.0 Å². The molecule has 1 amide bonds. The molecule has 0 saturated heterocycles. The number of amides is 1. The Labute approximate surface area is 156 Å². The van der Waals surface area contributed by atoms with E-state index in [1.165, 1.54) is 24.8 Å². The van der Waals surface area contributed by atoms with Crippen LogP contribution < -0.4 is 15.8 Å². The van der Waals surface area contributed by atoms with Gasteiger partial charge >= 0.3 is 0 Å². The summed E-state index contributed by atoms with van der Waals surface area (Å²) in [7, 11) is 0. The summed E-state index contributed by atoms with van der Waals surface area (Å²) in [5.41, 5.74) is 8.26. The first-order chi connectivity index (χ1) is 11.4. The molecule has 4 rings (SSSR count). The number of fused-ring (bicyclic) bond motifs is 3. The van der Waals surface area contributed by atoms with Crippen LogP contribution in [0.2, 0.25) is 0 Å². The molecule has 3 aliphatic rings. The molecule has 4 nitrogen and oxygen atoms in total. The Morgan fingerprint density at radius 1 is 1.24 bits per heavy atom. The lowest BCUT2D eigenvalue weighted by Crippen LogP contribution is -2.48. The number of ether oxygens (including phenoxy) is 1. The Hall–Kier alpha value is -1.26. The molecule has 1 heterocycles. The number of carbonyl (C=O) groups excluding carboxylic acids is 1. The highest BCUT2D eigenvalue weighted by molar-refractivity contribution is 5.92. The van der Waals surface area contributed by atoms with Crippen molar-refractivity contribution in [1.29, 1.82) is 0 Å². The molecule has 1 aromatic carbocycles. The van der Waals surface area contributed by atoms with Crippen LogP contribution in [0.1, 0.15) is 51.5 Å². The summed E-state index contributed by atoms with van der Waals surface area (Å²) in [6.45, 7) is 4.19. The van der Waals surface area contributed by atoms with Gasteiger partial charge in [-0.2, -0.15) is 0 Å². The van der Waals surface area contributed by atoms with Crippen LogP contribution in [0.25, 0.3) is 0 Å². The number of rotatable bonds is 2. The zero-order valence-electron chi connectivity index (χ0n) is 15.1. The number of halogens is 1. The maximum absolute atomic E-state index is 12.7. The summed E-state index contributed by atoms with van der Waals surface area (Å²) >= 11 is 0. The fourth-order valence-electron chi connectivity index (χ4n) is 4.93. The van der Waals surface area contributed by atoms with E-state index in [1.54, 1.807) is 0 Å². The van der Waals surface area contributed by atoms with E-state index in [9.17, 15) is 4.79 Å². The predicted molar refractivity (Wildman–Crippen MR) is 102 cm³/mol. The van der Waals surface area contributed by atoms with E-state index < -0.39 is 0 Å². The second kappa shape index (κ2) is 6.81. The van der Waals surface area contributed by atoms with E-state index >= 15 is 0 Å². The molecule has 2 atom stereocenters. The molecule has 1 aromatic rings. The fraction of sp³-hybridized carbons (Fsp3) is 0.650. The molecule has 2 fully saturated rings. The third-order valence-corrected chi connectivity index (χ3v) is 6.11. The Morgan fingerprint density at radius 3 is 2.60 bits per heavy atom. The average molecular weight is 365 g/mol. The molecular weight excluding hydrogens is 336 g/mol. The summed E-state index contributed by atoms with van der Waals surface area (Å²) in [6.07, 6.45) is 6.43. The third-order valence-electron chi connectivity index (χ3n) is 6.11. The summed E-state index contributed by atoms with van der Waals surface area (Å²) in [5, 5.41) is 3.14. The molecule has 0 radical (unpaired) electrons. The van der Waals surface area contributed by atoms with Crippen molar-refractivity contribution in [3.63, 3.8) is 0 Å². The number of carbonyl (C=O) groups is 1. The van der Waals surface area contributed by atoms with Gasteiger partial charge in [0.15, 0.2) is 0 Å². The van der Waals surface area contributed by atoms with E-state index in [-0.39, 0.29) is 29.8 Å². The molecule has 1 aliphatic heterocycles. The van der Waals surface area contributed by atoms with Gasteiger partial charge < -0.3 is 15.8 Å². The van der Waals surface area contributed by atoms with E-state index in [0.717, 1.165) is 30.7 Å². The van der Waals surface area contributed by atoms with Crippen LogP contribution in [0.3, 0.4) is 0 Å². The Balaban J connectivity index is 0.00000182. The van der Waals surface area contributed by atoms with Crippen molar-refractivity contribution in [2.45, 2.75) is 64.0 Å². The van der Waals surface area contributed by atoms with Gasteiger partial charge in [-0.1, -0.05) is 6.42 Å². The van der Waals surface area contributed by atoms with Gasteiger partial charge in [0.1, 0.15) is 11.4 Å². The van der Waals surface area contributed by atoms with Gasteiger partial charge in [0.2, 0.25) is 5.91 Å². The third kappa shape index (κ3) is 3.65. The van der Waals surface area contributed by atoms with Crippen molar-refractivity contribution in [3.8, 4) is 5.75 Å². The lowest BCUT2D eigenvalue weighted by Gasteiger charge is -2.43. The number of nitrogens with two attached hydrogens (primary N) is 1. The molecule has 0 aromatic heterocycles. The minimum Gasteiger partial charge on any atom is -0.487 e. The molecule has 2 bridgehead atoms. The zero-order chi connectivity index (χ0) is 16.9. The molecule has 2 saturated carbocycles. The van der Waals surface area contributed by atoms with E-state index in [4.69, 9.17) is 10.5 Å². The standard InChI is InChI=1S/C20H28N2O2.ClH/c1-20(2)11-15-10-16(6-7-17(15)24-20)22-19(23)14-8-12-4-3-5-13(9-14)18(12)21;/h6-7,10,12-14,18H,3-5,8-9,11,21H2,1-2H3,(H,22,23);1H. The summed E-state index contributed by atoms with van der Waals surface area (Å²) in [6, 6.07) is 6.30. The second-order valence-electron chi connectivity index (χ2n) is 8.55. The van der Waals surface area contributed by atoms with Crippen molar-refractivity contribution < 1.29 is 9.53 Å². The summed E-state index contributed by atoms with van der Waals surface area (Å²) in [4.78, 5) is 12.7. The Kier molecular flexibility index (Phi) is 5.04. The molecule has 5 heteroatoms. The van der Waals surface area contributed by atoms with Crippen LogP contribution in [-0.4, -0.2) is 17.6 Å². The highest BCUT2D eigenvalue weighted by Gasteiger charge is 2.40. The quantitative estimate of drug-likeness (QED) is 0.836. The number of hydrogen-bond acceptors (Lipinski definition) is 3. The molecule has 2 aliphatic carbocycles. The van der Waals surface area contributed by atoms with Crippen LogP contribution in [0, 0.1) is 17.8 Å². The normalized spacial score (nSPS) is 32.1. The zero-order valence-corrected chi connectivity index (χ0v) is 15.9. The molecular formula is C20H29ClN2O2. The maximum atomic E-state index is 12.7. The van der Waals surface area contributed by atoms with Gasteiger partial charge in [0.05, 0.1) is 0 Å². The van der Waals surface area contributed by atoms with Gasteiger partial charge in [-0.05, 0) is 69.6 Å². The summed E-state index contributed by atoms with van der Waals surface area (Å²) in [5.74, 6) is 2.28. The molecule has 0 spiro atoms. The molecule has 2 unspecified atom stereocenters. The summed E-state index contributed by atoms with van der Waals surface area (Å²) < 4.78 is 5.91. The SMILES string of the molecule is CC1(C)Cc2cc(NC(=O)C3CC4CCCC(C3)C4N)ccc2O1.Cl. The van der Waals surface area contributed by atoms with Crippen LogP contribution in [-0.2, 0) is 11.2 Å². The number of nitrogens with one attached hydrogen (secondary N) is 1. The highest BCUT2D eigenvalue weighted by atomic mass is 35.5. The Morgan fingerprint density at radius 2 is 1.92 bits per heavy atom. The van der Waals surface area contributed by atoms with Gasteiger partial charge in [0, 0.05) is 29.6 Å². The van der Waals surface area contributed by atoms with Crippen molar-refractivity contribution in [2.24, 2.45) is 23.5 Å². The fourth-order valence-corrected chi connectivity index (χ4v) is 4.93. The van der Waals surface area contributed by atoms with Gasteiger partial charge in [0.25, 0.3) is 0 Å². The highest BCUT2D eigenvalue weighted by Crippen LogP contribution is 2.42. The molecule has 3 N–H and O–H groups in total. The smallest absolute Gasteiger partial charge is 0.227 e. The Bertz CT molecular complexity index is 647. The van der Waals surface area contributed by atoms with Crippen LogP contribution in [0.4, 0.5) is 5.69 Å². The number of benzene rings is 1. The molecule has 25 heavy (non-hydrogen) atoms. The van der Waals surface area contributed by atoms with E-state index in [2.05, 4.69) is 25.2 Å². The first-order valence-corrected chi connectivity index (χ1v) is 9.30. The molecule has 138 valence electrons. The van der Waals surface area contributed by atoms with Crippen molar-refractivity contribution in [3.05, 3.63) is 23.8 Å². The first-order valence-electron chi connectivity index (χ1n) is 9.30. The van der Waals surface area contributed by atoms with E-state index in [1.807, 2.05) is 12.1 Å². The van der Waals surface area contributed by atoms with Crippen LogP contribution in [0.15, 0.2) is 18.2 Å². The lowest BCUT2D eigenvalue weighted by atomic mass is 9.65. The van der Waals surface area contributed by atoms with E-state index in [0.29, 0.717) is 17.9 Å². The average Bonchev–Trinajstić information content (AvgIpc) is 2.80. The second-order valence-corrected chi connectivity index (χ2v) is 8.55. The van der Waals surface area contributed by atoms with Crippen molar-refractivity contribution in [2.75, 3.05) is 5.32 Å². The topological polar surface area (TPSA) is 64.4 Å². The largest absolute Gasteiger partial charge is 0.487 e. The minimum absolute atomic E-state index is 0. The lowest BCUT2D eigenvalue weighted by molar-refractivity contribution is -0.122. The minimum atomic E-state index is -0.151. The van der Waals surface area contributed by atoms with Crippen LogP contribution in [0.5, 0.6) is 5.75 Å². The monoisotopic (exact) mass is 364 g/mol. The maximum Gasteiger partial charge on any atom is 0.227 e.